The van der Waals surface area contributed by atoms with E-state index in [2.05, 4.69) is 15.3 Å². The van der Waals surface area contributed by atoms with Crippen molar-refractivity contribution in [1.82, 2.24) is 14.9 Å². The van der Waals surface area contributed by atoms with Gasteiger partial charge >= 0.3 is 5.97 Å². The van der Waals surface area contributed by atoms with Gasteiger partial charge in [0.15, 0.2) is 5.78 Å². The van der Waals surface area contributed by atoms with E-state index in [1.54, 1.807) is 45.6 Å². The molecular weight excluding hydrogens is 883 g/mol. The second-order valence-corrected chi connectivity index (χ2v) is 20.4. The van der Waals surface area contributed by atoms with E-state index in [4.69, 9.17) is 24.7 Å². The molecule has 1 aromatic heterocycles. The van der Waals surface area contributed by atoms with Gasteiger partial charge in [-0.3, -0.25) is 19.4 Å². The number of rotatable bonds is 7. The van der Waals surface area contributed by atoms with Crippen molar-refractivity contribution < 1.29 is 53.4 Å². The molecule has 69 heavy (non-hydrogen) atoms. The zero-order valence-electron chi connectivity index (χ0n) is 42.2. The first kappa shape index (κ1) is 55.8. The molecule has 2 saturated heterocycles. The summed E-state index contributed by atoms with van der Waals surface area (Å²) in [6.07, 6.45) is 18.3. The molecule has 6 N–H and O–H groups in total. The number of piperidine rings is 1. The summed E-state index contributed by atoms with van der Waals surface area (Å²) in [5.41, 5.74) is 8.08. The van der Waals surface area contributed by atoms with Gasteiger partial charge in [0.2, 0.25) is 5.79 Å². The van der Waals surface area contributed by atoms with Crippen LogP contribution in [0.15, 0.2) is 66.2 Å². The highest BCUT2D eigenvalue weighted by Crippen LogP contribution is 2.38. The molecule has 1 saturated carbocycles. The summed E-state index contributed by atoms with van der Waals surface area (Å²) in [6, 6.07) is -2.03. The molecule has 1 aliphatic carbocycles. The summed E-state index contributed by atoms with van der Waals surface area (Å²) in [5, 5.41) is 37.5. The van der Waals surface area contributed by atoms with Crippen molar-refractivity contribution >= 4 is 29.3 Å². The Hall–Kier alpha value is -4.16. The molecule has 0 aromatic carbocycles. The lowest BCUT2D eigenvalue weighted by Crippen LogP contribution is -2.61. The molecule has 384 valence electrons. The van der Waals surface area contributed by atoms with E-state index in [0.717, 1.165) is 12.0 Å². The Morgan fingerprint density at radius 1 is 0.913 bits per heavy atom. The van der Waals surface area contributed by atoms with E-state index in [0.29, 0.717) is 82.0 Å². The van der Waals surface area contributed by atoms with Gasteiger partial charge in [-0.05, 0) is 121 Å². The number of aromatic nitrogens is 2. The number of allylic oxidation sites excluding steroid dienone is 5. The molecule has 16 heteroatoms. The fourth-order valence-corrected chi connectivity index (χ4v) is 10.6. The van der Waals surface area contributed by atoms with Crippen molar-refractivity contribution in [2.24, 2.45) is 35.3 Å². The fourth-order valence-electron chi connectivity index (χ4n) is 10.6. The van der Waals surface area contributed by atoms with Gasteiger partial charge < -0.3 is 50.2 Å². The number of ketones is 2. The molecule has 4 heterocycles. The first-order valence-corrected chi connectivity index (χ1v) is 25.3. The Labute approximate surface area is 409 Å². The van der Waals surface area contributed by atoms with Crippen LogP contribution in [-0.2, 0) is 38.1 Å². The van der Waals surface area contributed by atoms with E-state index in [1.165, 1.54) is 12.0 Å². The van der Waals surface area contributed by atoms with Crippen LogP contribution in [0.2, 0.25) is 0 Å². The van der Waals surface area contributed by atoms with E-state index < -0.39 is 77.9 Å². The number of cyclic esters (lactones) is 1. The lowest BCUT2D eigenvalue weighted by Gasteiger charge is -2.43. The number of carbonyl (C=O) groups is 4. The maximum Gasteiger partial charge on any atom is 0.329 e. The lowest BCUT2D eigenvalue weighted by molar-refractivity contribution is -0.263. The van der Waals surface area contributed by atoms with Gasteiger partial charge in [-0.2, -0.15) is 0 Å². The van der Waals surface area contributed by atoms with E-state index >= 15 is 0 Å². The number of methoxy groups -OCH3 is 2. The molecule has 1 unspecified atom stereocenters. The maximum atomic E-state index is 14.4. The third-order valence-electron chi connectivity index (χ3n) is 15.0. The number of carbonyl (C=O) groups excluding carboxylic acids is 4. The molecule has 0 spiro atoms. The van der Waals surface area contributed by atoms with Gasteiger partial charge in [0, 0.05) is 51.0 Å². The molecule has 0 radical (unpaired) electrons. The molecule has 15 atom stereocenters. The highest BCUT2D eigenvalue weighted by molar-refractivity contribution is 6.39. The average molecular weight is 964 g/mol. The number of nitrogens with two attached hydrogens (primary N) is 1. The fraction of sp³-hybridized carbons (Fsp3) is 0.698. The summed E-state index contributed by atoms with van der Waals surface area (Å²) in [4.78, 5) is 66.9. The Morgan fingerprint density at radius 3 is 2.39 bits per heavy atom. The number of anilines is 1. The van der Waals surface area contributed by atoms with Crippen LogP contribution in [0.1, 0.15) is 125 Å². The van der Waals surface area contributed by atoms with Crippen LogP contribution in [0.3, 0.4) is 0 Å². The monoisotopic (exact) mass is 964 g/mol. The van der Waals surface area contributed by atoms with Crippen molar-refractivity contribution in [3.63, 3.8) is 0 Å². The minimum atomic E-state index is -2.44. The summed E-state index contributed by atoms with van der Waals surface area (Å²) in [6.45, 7) is 11.4. The predicted octanol–water partition coefficient (Wildman–Crippen LogP) is 5.95. The van der Waals surface area contributed by atoms with Gasteiger partial charge in [0.1, 0.15) is 30.2 Å². The van der Waals surface area contributed by atoms with Crippen molar-refractivity contribution in [3.05, 3.63) is 66.2 Å². The standard InChI is InChI=1S/C53H81N5O11/c1-32-14-10-9-11-15-33(2)41(57-46-31-55-23-24-56-46)30-40-20-17-37(6)53(65,69-40)50(62)51(63)58-25-13-12-16-42(58)52(64)68-44(34(3)27-38-18-21-43(59)45(29-38)66-7)22-19-39(54)28-36(5)48(61)49(67-8)47(60)35(4)26-32/h9-11,14-15,23-24,28,31-32,34-35,37-45,48-49,59,61,65H,12-13,16-22,25-27,29-30,54H2,1-8H3,(H,56,57)/b11-9+,14-10+,33-15+,36-28+/t32-,34-,35-,37?,38+,39+,40+,41+,42+,43-,44+,45-,48-,49+,53-/m1/s1. The molecule has 2 bridgehead atoms. The number of fused-ring (bicyclic) bond motifs is 3. The number of esters is 1. The lowest BCUT2D eigenvalue weighted by atomic mass is 9.78. The third-order valence-corrected chi connectivity index (χ3v) is 15.0. The van der Waals surface area contributed by atoms with Crippen molar-refractivity contribution in [2.45, 2.75) is 186 Å². The summed E-state index contributed by atoms with van der Waals surface area (Å²) in [7, 11) is 3.00. The molecule has 1 amide bonds. The van der Waals surface area contributed by atoms with E-state index in [1.807, 2.05) is 58.1 Å². The van der Waals surface area contributed by atoms with Crippen molar-refractivity contribution in [1.29, 1.82) is 0 Å². The van der Waals surface area contributed by atoms with E-state index in [9.17, 15) is 34.5 Å². The summed E-state index contributed by atoms with van der Waals surface area (Å²) in [5.74, 6) is -5.96. The van der Waals surface area contributed by atoms with Gasteiger partial charge in [0.25, 0.3) is 11.7 Å². The number of hydrogen-bond acceptors (Lipinski definition) is 15. The van der Waals surface area contributed by atoms with Crippen LogP contribution < -0.4 is 11.1 Å². The number of aliphatic hydroxyl groups is 3. The molecule has 3 fully saturated rings. The second-order valence-electron chi connectivity index (χ2n) is 20.4. The topological polar surface area (TPSA) is 233 Å². The Morgan fingerprint density at radius 2 is 1.68 bits per heavy atom. The van der Waals surface area contributed by atoms with Crippen LogP contribution in [0, 0.1) is 29.6 Å². The number of Topliss-reactive ketones (excluding diaryl/α,β-unsaturated/α-hetero) is 2. The largest absolute Gasteiger partial charge is 0.461 e. The van der Waals surface area contributed by atoms with Gasteiger partial charge in [-0.25, -0.2) is 9.78 Å². The SMILES string of the molecule is CO[C@@H]1C[C@H](C[C@@H](C)[C@@H]2CC[C@H](N)/C=C(\C)[C@@H](O)[C@@H](OC)C(=O)[C@H](C)C[C@H](C)/C=C/C=C/C=C(\C)[C@@H](Nc3cnccn3)C[C@@H]3CCC(C)[C@@](O)(O3)C(=O)C(=O)N3CCCC[C@H]3C(=O)O2)CC[C@H]1O. The highest BCUT2D eigenvalue weighted by Gasteiger charge is 2.53. The molecular formula is C53H81N5O11. The zero-order valence-corrected chi connectivity index (χ0v) is 42.2. The average Bonchev–Trinajstić information content (AvgIpc) is 3.33. The minimum Gasteiger partial charge on any atom is -0.461 e. The van der Waals surface area contributed by atoms with Crippen molar-refractivity contribution in [3.8, 4) is 0 Å². The molecule has 16 nitrogen and oxygen atoms in total. The normalized spacial score (nSPS) is 38.6. The first-order valence-electron chi connectivity index (χ1n) is 25.3. The van der Waals surface area contributed by atoms with Crippen LogP contribution in [0.5, 0.6) is 0 Å². The van der Waals surface area contributed by atoms with Gasteiger partial charge in [-0.15, -0.1) is 0 Å². The number of ether oxygens (including phenoxy) is 4. The molecule has 3 aliphatic heterocycles. The van der Waals surface area contributed by atoms with Crippen LogP contribution >= 0.6 is 0 Å². The summed E-state index contributed by atoms with van der Waals surface area (Å²) >= 11 is 0. The van der Waals surface area contributed by atoms with Crippen molar-refractivity contribution in [2.75, 3.05) is 26.1 Å². The smallest absolute Gasteiger partial charge is 0.329 e. The predicted molar refractivity (Wildman–Crippen MR) is 262 cm³/mol. The minimum absolute atomic E-state index is 0.0241. The highest BCUT2D eigenvalue weighted by atomic mass is 16.6. The number of aliphatic hydroxyl groups excluding tert-OH is 2. The number of nitrogens with one attached hydrogen (secondary N) is 1. The van der Waals surface area contributed by atoms with Crippen LogP contribution in [-0.4, -0.2) is 135 Å². The summed E-state index contributed by atoms with van der Waals surface area (Å²) < 4.78 is 23.9. The molecule has 5 rings (SSSR count). The van der Waals surface area contributed by atoms with E-state index in [-0.39, 0.29) is 48.6 Å². The number of hydrogen-bond donors (Lipinski definition) is 5. The Kier molecular flexibility index (Phi) is 21.3. The third kappa shape index (κ3) is 15.2. The first-order chi connectivity index (χ1) is 32.9. The molecule has 4 aliphatic rings. The van der Waals surface area contributed by atoms with Crippen LogP contribution in [0.4, 0.5) is 5.82 Å². The number of nitrogens with zero attached hydrogens (tertiary/aromatic N) is 3. The maximum absolute atomic E-state index is 14.4. The zero-order chi connectivity index (χ0) is 50.4. The number of amides is 1. The Bertz CT molecular complexity index is 1980. The quantitative estimate of drug-likeness (QED) is 0.121. The van der Waals surface area contributed by atoms with Crippen LogP contribution in [0.25, 0.3) is 0 Å². The van der Waals surface area contributed by atoms with Gasteiger partial charge in [0.05, 0.1) is 30.6 Å². The molecule has 1 aromatic rings. The second kappa shape index (κ2) is 26.3. The Balaban J connectivity index is 1.47. The van der Waals surface area contributed by atoms with Gasteiger partial charge in [-0.1, -0.05) is 69.7 Å².